The minimum atomic E-state index is -4.62. The molecule has 0 amide bonds. The van der Waals surface area contributed by atoms with Crippen molar-refractivity contribution in [2.24, 2.45) is 0 Å². The highest BCUT2D eigenvalue weighted by atomic mass is 19.4. The third-order valence-electron chi connectivity index (χ3n) is 2.77. The quantitative estimate of drug-likeness (QED) is 0.645. The van der Waals surface area contributed by atoms with Crippen molar-refractivity contribution in [2.45, 2.75) is 12.6 Å². The SMILES string of the molecule is Fc1ccc(-c2ccccc2C(F)(F)F)cc1C(F)F. The first kappa shape index (κ1) is 14.4. The highest BCUT2D eigenvalue weighted by molar-refractivity contribution is 5.68. The number of benzene rings is 2. The lowest BCUT2D eigenvalue weighted by molar-refractivity contribution is -0.137. The van der Waals surface area contributed by atoms with Crippen LogP contribution in [0.4, 0.5) is 26.3 Å². The largest absolute Gasteiger partial charge is 0.417 e. The van der Waals surface area contributed by atoms with Gasteiger partial charge in [0, 0.05) is 0 Å². The molecule has 0 radical (unpaired) electrons. The molecule has 0 nitrogen and oxygen atoms in total. The predicted molar refractivity (Wildman–Crippen MR) is 61.8 cm³/mol. The summed E-state index contributed by atoms with van der Waals surface area (Å²) in [6.45, 7) is 0. The topological polar surface area (TPSA) is 0 Å². The molecule has 2 aromatic rings. The Labute approximate surface area is 110 Å². The molecule has 0 N–H and O–H groups in total. The van der Waals surface area contributed by atoms with Gasteiger partial charge in [0.2, 0.25) is 0 Å². The fourth-order valence-corrected chi connectivity index (χ4v) is 1.86. The summed E-state index contributed by atoms with van der Waals surface area (Å²) >= 11 is 0. The second-order valence-corrected chi connectivity index (χ2v) is 4.08. The first-order valence-electron chi connectivity index (χ1n) is 5.55. The van der Waals surface area contributed by atoms with Crippen LogP contribution in [0.3, 0.4) is 0 Å². The number of alkyl halides is 5. The summed E-state index contributed by atoms with van der Waals surface area (Å²) in [5.74, 6) is -1.15. The molecule has 20 heavy (non-hydrogen) atoms. The number of rotatable bonds is 2. The van der Waals surface area contributed by atoms with Gasteiger partial charge in [-0.25, -0.2) is 13.2 Å². The van der Waals surface area contributed by atoms with E-state index in [0.29, 0.717) is 0 Å². The molecule has 2 rings (SSSR count). The Hall–Kier alpha value is -1.98. The molecule has 0 bridgehead atoms. The van der Waals surface area contributed by atoms with Crippen molar-refractivity contribution < 1.29 is 26.3 Å². The van der Waals surface area contributed by atoms with Gasteiger partial charge in [-0.15, -0.1) is 0 Å². The van der Waals surface area contributed by atoms with E-state index in [9.17, 15) is 26.3 Å². The molecule has 0 unspecified atom stereocenters. The lowest BCUT2D eigenvalue weighted by Gasteiger charge is -2.13. The number of hydrogen-bond acceptors (Lipinski definition) is 0. The third kappa shape index (κ3) is 2.79. The summed E-state index contributed by atoms with van der Waals surface area (Å²) in [5.41, 5.74) is -2.23. The maximum absolute atomic E-state index is 13.2. The first-order chi connectivity index (χ1) is 9.30. The molecule has 0 aliphatic heterocycles. The molecule has 106 valence electrons. The van der Waals surface area contributed by atoms with Gasteiger partial charge < -0.3 is 0 Å². The Bertz CT molecular complexity index is 615. The van der Waals surface area contributed by atoms with E-state index >= 15 is 0 Å². The average Bonchev–Trinajstić information content (AvgIpc) is 2.38. The van der Waals surface area contributed by atoms with Gasteiger partial charge >= 0.3 is 6.18 Å². The second-order valence-electron chi connectivity index (χ2n) is 4.08. The Kier molecular flexibility index (Phi) is 3.74. The maximum Gasteiger partial charge on any atom is 0.417 e. The second kappa shape index (κ2) is 5.19. The molecule has 2 aromatic carbocycles. The van der Waals surface area contributed by atoms with E-state index in [1.165, 1.54) is 12.1 Å². The summed E-state index contributed by atoms with van der Waals surface area (Å²) in [4.78, 5) is 0. The maximum atomic E-state index is 13.2. The molecule has 0 spiro atoms. The van der Waals surface area contributed by atoms with Crippen molar-refractivity contribution >= 4 is 0 Å². The zero-order chi connectivity index (χ0) is 14.9. The van der Waals surface area contributed by atoms with Crippen molar-refractivity contribution in [1.29, 1.82) is 0 Å². The van der Waals surface area contributed by atoms with E-state index < -0.39 is 29.5 Å². The summed E-state index contributed by atoms with van der Waals surface area (Å²) < 4.78 is 76.9. The van der Waals surface area contributed by atoms with Gasteiger partial charge in [0.15, 0.2) is 0 Å². The van der Waals surface area contributed by atoms with Gasteiger partial charge in [0.25, 0.3) is 6.43 Å². The minimum absolute atomic E-state index is 0.102. The Balaban J connectivity index is 2.61. The smallest absolute Gasteiger partial charge is 0.206 e. The van der Waals surface area contributed by atoms with E-state index in [2.05, 4.69) is 0 Å². The average molecular weight is 290 g/mol. The Morgan fingerprint density at radius 3 is 2.15 bits per heavy atom. The standard InChI is InChI=1S/C14H8F6/c15-12-6-5-8(7-10(12)13(16)17)9-3-1-2-4-11(9)14(18,19)20/h1-7,13H. The van der Waals surface area contributed by atoms with Gasteiger partial charge in [-0.05, 0) is 29.3 Å². The van der Waals surface area contributed by atoms with Crippen LogP contribution in [0, 0.1) is 5.82 Å². The fraction of sp³-hybridized carbons (Fsp3) is 0.143. The zero-order valence-corrected chi connectivity index (χ0v) is 9.89. The van der Waals surface area contributed by atoms with Gasteiger partial charge in [0.05, 0.1) is 11.1 Å². The van der Waals surface area contributed by atoms with E-state index in [0.717, 1.165) is 30.3 Å². The monoisotopic (exact) mass is 290 g/mol. The number of hydrogen-bond donors (Lipinski definition) is 0. The van der Waals surface area contributed by atoms with Crippen molar-refractivity contribution in [3.63, 3.8) is 0 Å². The highest BCUT2D eigenvalue weighted by Crippen LogP contribution is 2.38. The van der Waals surface area contributed by atoms with E-state index in [1.807, 2.05) is 0 Å². The zero-order valence-electron chi connectivity index (χ0n) is 9.89. The molecule has 0 aliphatic rings. The predicted octanol–water partition coefficient (Wildman–Crippen LogP) is 5.45. The molecule has 0 aromatic heterocycles. The third-order valence-corrected chi connectivity index (χ3v) is 2.77. The van der Waals surface area contributed by atoms with Crippen molar-refractivity contribution in [1.82, 2.24) is 0 Å². The van der Waals surface area contributed by atoms with Crippen molar-refractivity contribution in [3.05, 3.63) is 59.4 Å². The van der Waals surface area contributed by atoms with Crippen LogP contribution < -0.4 is 0 Å². The summed E-state index contributed by atoms with van der Waals surface area (Å²) in [7, 11) is 0. The summed E-state index contributed by atoms with van der Waals surface area (Å²) in [5, 5.41) is 0. The van der Waals surface area contributed by atoms with E-state index in [4.69, 9.17) is 0 Å². The molecule has 0 saturated heterocycles. The molecular weight excluding hydrogens is 282 g/mol. The van der Waals surface area contributed by atoms with Crippen LogP contribution in [0.1, 0.15) is 17.6 Å². The molecule has 0 fully saturated rings. The molecule has 0 atom stereocenters. The molecule has 0 heterocycles. The van der Waals surface area contributed by atoms with Crippen LogP contribution in [0.5, 0.6) is 0 Å². The van der Waals surface area contributed by atoms with Gasteiger partial charge in [0.1, 0.15) is 5.82 Å². The van der Waals surface area contributed by atoms with Crippen molar-refractivity contribution in [2.75, 3.05) is 0 Å². The summed E-state index contributed by atoms with van der Waals surface area (Å²) in [6.07, 6.45) is -7.70. The molecule has 6 heteroatoms. The first-order valence-corrected chi connectivity index (χ1v) is 5.55. The lowest BCUT2D eigenvalue weighted by atomic mass is 9.97. The Morgan fingerprint density at radius 1 is 0.900 bits per heavy atom. The van der Waals surface area contributed by atoms with Crippen LogP contribution in [-0.2, 0) is 6.18 Å². The summed E-state index contributed by atoms with van der Waals surface area (Å²) in [6, 6.07) is 7.09. The van der Waals surface area contributed by atoms with Crippen LogP contribution in [0.25, 0.3) is 11.1 Å². The Morgan fingerprint density at radius 2 is 1.55 bits per heavy atom. The minimum Gasteiger partial charge on any atom is -0.206 e. The van der Waals surface area contributed by atoms with E-state index in [1.54, 1.807) is 0 Å². The lowest BCUT2D eigenvalue weighted by Crippen LogP contribution is -2.07. The molecular formula is C14H8F6. The van der Waals surface area contributed by atoms with Crippen molar-refractivity contribution in [3.8, 4) is 11.1 Å². The van der Waals surface area contributed by atoms with Crippen LogP contribution in [0.15, 0.2) is 42.5 Å². The molecule has 0 aliphatic carbocycles. The fourth-order valence-electron chi connectivity index (χ4n) is 1.86. The van der Waals surface area contributed by atoms with Crippen LogP contribution >= 0.6 is 0 Å². The highest BCUT2D eigenvalue weighted by Gasteiger charge is 2.33. The van der Waals surface area contributed by atoms with Gasteiger partial charge in [-0.1, -0.05) is 24.3 Å². The number of halogens is 6. The van der Waals surface area contributed by atoms with Crippen LogP contribution in [0.2, 0.25) is 0 Å². The van der Waals surface area contributed by atoms with Gasteiger partial charge in [-0.3, -0.25) is 0 Å². The van der Waals surface area contributed by atoms with Crippen LogP contribution in [-0.4, -0.2) is 0 Å². The normalized spacial score (nSPS) is 11.9. The van der Waals surface area contributed by atoms with E-state index in [-0.39, 0.29) is 11.1 Å². The molecule has 0 saturated carbocycles. The van der Waals surface area contributed by atoms with Gasteiger partial charge in [-0.2, -0.15) is 13.2 Å².